The minimum absolute atomic E-state index is 0.0772. The molecule has 1 fully saturated rings. The van der Waals surface area contributed by atoms with E-state index in [1.54, 1.807) is 13.2 Å². The van der Waals surface area contributed by atoms with Gasteiger partial charge in [0, 0.05) is 36.8 Å². The first-order valence-electron chi connectivity index (χ1n) is 12.7. The molecule has 0 spiro atoms. The van der Waals surface area contributed by atoms with E-state index in [0.717, 1.165) is 52.9 Å². The monoisotopic (exact) mass is 527 g/mol. The zero-order valence-corrected chi connectivity index (χ0v) is 23.1. The van der Waals surface area contributed by atoms with Gasteiger partial charge in [-0.25, -0.2) is 9.97 Å². The molecule has 2 aromatic heterocycles. The van der Waals surface area contributed by atoms with Crippen molar-refractivity contribution in [1.29, 1.82) is 0 Å². The van der Waals surface area contributed by atoms with Crippen LogP contribution in [-0.4, -0.2) is 35.4 Å². The van der Waals surface area contributed by atoms with Gasteiger partial charge >= 0.3 is 0 Å². The highest BCUT2D eigenvalue weighted by molar-refractivity contribution is 7.14. The molecule has 0 unspecified atom stereocenters. The van der Waals surface area contributed by atoms with E-state index in [9.17, 15) is 9.59 Å². The normalized spacial score (nSPS) is 12.9. The number of hydrogen-bond acceptors (Lipinski definition) is 6. The SMILES string of the molecule is C/C=C(\C=C/CC)C(NCC(=O)Nc1nc(-c2cccc(-c3ccnc(N(C)C(C)=O)c3)c2)cs1)=C1CC1. The van der Waals surface area contributed by atoms with Crippen LogP contribution in [0.15, 0.2) is 83.0 Å². The maximum Gasteiger partial charge on any atom is 0.245 e. The maximum atomic E-state index is 12.7. The molecule has 196 valence electrons. The number of carbonyl (C=O) groups excluding carboxylic acids is 2. The van der Waals surface area contributed by atoms with Gasteiger partial charge in [-0.05, 0) is 66.7 Å². The van der Waals surface area contributed by atoms with Crippen molar-refractivity contribution in [3.8, 4) is 22.4 Å². The van der Waals surface area contributed by atoms with Crippen molar-refractivity contribution in [2.45, 2.75) is 40.0 Å². The quantitative estimate of drug-likeness (QED) is 0.300. The number of hydrogen-bond donors (Lipinski definition) is 2. The Labute approximate surface area is 228 Å². The van der Waals surface area contributed by atoms with Crippen molar-refractivity contribution >= 4 is 34.1 Å². The number of benzene rings is 1. The minimum atomic E-state index is -0.132. The molecule has 1 aliphatic carbocycles. The topological polar surface area (TPSA) is 87.2 Å². The molecule has 7 nitrogen and oxygen atoms in total. The van der Waals surface area contributed by atoms with E-state index in [-0.39, 0.29) is 18.4 Å². The van der Waals surface area contributed by atoms with Gasteiger partial charge in [-0.2, -0.15) is 0 Å². The van der Waals surface area contributed by atoms with Crippen LogP contribution in [0.3, 0.4) is 0 Å². The third-order valence-electron chi connectivity index (χ3n) is 6.22. The van der Waals surface area contributed by atoms with Crippen LogP contribution in [0.5, 0.6) is 0 Å². The molecule has 0 atom stereocenters. The van der Waals surface area contributed by atoms with E-state index in [1.807, 2.05) is 48.7 Å². The Morgan fingerprint density at radius 3 is 2.61 bits per heavy atom. The molecule has 1 aliphatic rings. The van der Waals surface area contributed by atoms with Crippen LogP contribution < -0.4 is 15.5 Å². The number of allylic oxidation sites excluding steroid dienone is 4. The maximum absolute atomic E-state index is 12.7. The van der Waals surface area contributed by atoms with Crippen LogP contribution in [0.1, 0.15) is 40.0 Å². The summed E-state index contributed by atoms with van der Waals surface area (Å²) in [7, 11) is 1.71. The van der Waals surface area contributed by atoms with Crippen molar-refractivity contribution in [2.24, 2.45) is 0 Å². The van der Waals surface area contributed by atoms with E-state index in [1.165, 1.54) is 28.7 Å². The van der Waals surface area contributed by atoms with Gasteiger partial charge in [0.15, 0.2) is 5.13 Å². The van der Waals surface area contributed by atoms with Gasteiger partial charge in [-0.3, -0.25) is 9.59 Å². The lowest BCUT2D eigenvalue weighted by Crippen LogP contribution is -2.28. The molecule has 8 heteroatoms. The number of nitrogens with one attached hydrogen (secondary N) is 2. The molecule has 0 aliphatic heterocycles. The van der Waals surface area contributed by atoms with E-state index in [2.05, 4.69) is 45.8 Å². The standard InChI is InChI=1S/C30H33N5O2S/c1-5-7-9-21(6-2)29(22-12-13-22)32-18-28(37)34-30-33-26(19-38-30)25-11-8-10-23(16-25)24-14-15-31-27(17-24)35(4)20(3)36/h6-11,14-17,19,32H,5,12-13,18H2,1-4H3,(H,33,34,37)/b9-7-,21-6+. The van der Waals surface area contributed by atoms with E-state index < -0.39 is 0 Å². The summed E-state index contributed by atoms with van der Waals surface area (Å²) in [5.74, 6) is 0.384. The fraction of sp³-hybridized carbons (Fsp3) is 0.267. The lowest BCUT2D eigenvalue weighted by Gasteiger charge is -2.14. The molecule has 1 aromatic carbocycles. The number of pyridine rings is 1. The van der Waals surface area contributed by atoms with Crippen LogP contribution in [0, 0.1) is 0 Å². The third-order valence-corrected chi connectivity index (χ3v) is 6.97. The molecule has 2 amide bonds. The Balaban J connectivity index is 1.42. The van der Waals surface area contributed by atoms with Crippen molar-refractivity contribution in [2.75, 3.05) is 23.8 Å². The first-order chi connectivity index (χ1) is 18.4. The zero-order chi connectivity index (χ0) is 27.1. The minimum Gasteiger partial charge on any atom is -0.376 e. The summed E-state index contributed by atoms with van der Waals surface area (Å²) >= 11 is 1.40. The lowest BCUT2D eigenvalue weighted by atomic mass is 10.0. The Kier molecular flexibility index (Phi) is 8.86. The number of amides is 2. The predicted molar refractivity (Wildman–Crippen MR) is 156 cm³/mol. The van der Waals surface area contributed by atoms with Crippen LogP contribution in [0.2, 0.25) is 0 Å². The Hall–Kier alpha value is -4.04. The van der Waals surface area contributed by atoms with Crippen molar-refractivity contribution in [3.63, 3.8) is 0 Å². The third kappa shape index (κ3) is 6.83. The number of thiazole rings is 1. The van der Waals surface area contributed by atoms with Crippen molar-refractivity contribution in [3.05, 3.63) is 83.0 Å². The molecule has 4 rings (SSSR count). The van der Waals surface area contributed by atoms with Gasteiger partial charge in [0.25, 0.3) is 0 Å². The fourth-order valence-corrected chi connectivity index (χ4v) is 4.64. The van der Waals surface area contributed by atoms with Crippen molar-refractivity contribution in [1.82, 2.24) is 15.3 Å². The molecular formula is C30H33N5O2S. The first-order valence-corrected chi connectivity index (χ1v) is 13.6. The van der Waals surface area contributed by atoms with Gasteiger partial charge in [0.2, 0.25) is 11.8 Å². The summed E-state index contributed by atoms with van der Waals surface area (Å²) in [6.45, 7) is 5.82. The average Bonchev–Trinajstić information content (AvgIpc) is 3.67. The van der Waals surface area contributed by atoms with Gasteiger partial charge in [-0.1, -0.05) is 43.4 Å². The highest BCUT2D eigenvalue weighted by Crippen LogP contribution is 2.34. The second kappa shape index (κ2) is 12.5. The molecule has 1 saturated carbocycles. The molecule has 0 bridgehead atoms. The largest absolute Gasteiger partial charge is 0.376 e. The summed E-state index contributed by atoms with van der Waals surface area (Å²) in [6.07, 6.45) is 11.1. The smallest absolute Gasteiger partial charge is 0.245 e. The second-order valence-corrected chi connectivity index (χ2v) is 9.89. The summed E-state index contributed by atoms with van der Waals surface area (Å²) in [6, 6.07) is 11.8. The Morgan fingerprint density at radius 2 is 1.89 bits per heavy atom. The lowest BCUT2D eigenvalue weighted by molar-refractivity contribution is -0.116. The molecule has 38 heavy (non-hydrogen) atoms. The molecular weight excluding hydrogens is 494 g/mol. The average molecular weight is 528 g/mol. The summed E-state index contributed by atoms with van der Waals surface area (Å²) in [4.78, 5) is 34.9. The van der Waals surface area contributed by atoms with E-state index in [0.29, 0.717) is 10.9 Å². The summed E-state index contributed by atoms with van der Waals surface area (Å²) < 4.78 is 0. The Morgan fingerprint density at radius 1 is 1.13 bits per heavy atom. The zero-order valence-electron chi connectivity index (χ0n) is 22.2. The second-order valence-electron chi connectivity index (χ2n) is 9.03. The van der Waals surface area contributed by atoms with Gasteiger partial charge in [0.05, 0.1) is 12.2 Å². The molecule has 2 heterocycles. The first kappa shape index (κ1) is 27.0. The van der Waals surface area contributed by atoms with Crippen LogP contribution in [0.25, 0.3) is 22.4 Å². The number of anilines is 2. The molecule has 0 radical (unpaired) electrons. The molecule has 0 saturated heterocycles. The highest BCUT2D eigenvalue weighted by Gasteiger charge is 2.20. The van der Waals surface area contributed by atoms with Gasteiger partial charge in [-0.15, -0.1) is 11.3 Å². The summed E-state index contributed by atoms with van der Waals surface area (Å²) in [5, 5.41) is 8.76. The van der Waals surface area contributed by atoms with E-state index in [4.69, 9.17) is 0 Å². The fourth-order valence-electron chi connectivity index (χ4n) is 3.91. The number of aromatic nitrogens is 2. The number of carbonyl (C=O) groups is 2. The van der Waals surface area contributed by atoms with Gasteiger partial charge < -0.3 is 15.5 Å². The van der Waals surface area contributed by atoms with E-state index >= 15 is 0 Å². The van der Waals surface area contributed by atoms with Gasteiger partial charge in [0.1, 0.15) is 5.82 Å². The van der Waals surface area contributed by atoms with Crippen LogP contribution >= 0.6 is 11.3 Å². The molecule has 3 aromatic rings. The van der Waals surface area contributed by atoms with Crippen LogP contribution in [-0.2, 0) is 9.59 Å². The predicted octanol–water partition coefficient (Wildman–Crippen LogP) is 6.34. The number of rotatable bonds is 10. The van der Waals surface area contributed by atoms with Crippen molar-refractivity contribution < 1.29 is 9.59 Å². The molecule has 2 N–H and O–H groups in total. The number of nitrogens with zero attached hydrogens (tertiary/aromatic N) is 3. The summed E-state index contributed by atoms with van der Waals surface area (Å²) in [5.41, 5.74) is 7.22. The highest BCUT2D eigenvalue weighted by atomic mass is 32.1. The Bertz CT molecular complexity index is 1410. The van der Waals surface area contributed by atoms with Crippen LogP contribution in [0.4, 0.5) is 10.9 Å².